The van der Waals surface area contributed by atoms with Crippen molar-refractivity contribution in [3.8, 4) is 0 Å². The first kappa shape index (κ1) is 59.1. The van der Waals surface area contributed by atoms with Crippen molar-refractivity contribution >= 4 is 17.9 Å². The average Bonchev–Trinajstić information content (AvgIpc) is 3.27. The van der Waals surface area contributed by atoms with Gasteiger partial charge in [-0.15, -0.1) is 0 Å². The zero-order chi connectivity index (χ0) is 45.1. The molecule has 0 fully saturated rings. The number of ether oxygens (including phenoxy) is 3. The maximum Gasteiger partial charge on any atom is 0.306 e. The van der Waals surface area contributed by atoms with E-state index in [1.807, 2.05) is 48.6 Å². The molecule has 1 unspecified atom stereocenters. The number of carbonyl (C=O) groups excluding carboxylic acids is 3. The van der Waals surface area contributed by atoms with Crippen molar-refractivity contribution in [2.45, 2.75) is 264 Å². The molecule has 0 radical (unpaired) electrons. The van der Waals surface area contributed by atoms with E-state index in [-0.39, 0.29) is 37.5 Å². The lowest BCUT2D eigenvalue weighted by molar-refractivity contribution is -0.167. The number of unbranched alkanes of at least 4 members (excludes halogenated alkanes) is 30. The van der Waals surface area contributed by atoms with Gasteiger partial charge in [-0.1, -0.05) is 261 Å². The van der Waals surface area contributed by atoms with Gasteiger partial charge in [0.25, 0.3) is 0 Å². The molecule has 0 aliphatic heterocycles. The Hall–Kier alpha value is -2.89. The smallest absolute Gasteiger partial charge is 0.306 e. The molecule has 62 heavy (non-hydrogen) atoms. The molecule has 0 aliphatic rings. The van der Waals surface area contributed by atoms with Gasteiger partial charge < -0.3 is 14.2 Å². The molecule has 0 bridgehead atoms. The highest BCUT2D eigenvalue weighted by atomic mass is 16.6. The third-order valence-corrected chi connectivity index (χ3v) is 11.4. The van der Waals surface area contributed by atoms with E-state index in [1.165, 1.54) is 148 Å². The molecule has 0 aromatic carbocycles. The Morgan fingerprint density at radius 1 is 0.339 bits per heavy atom. The molecule has 358 valence electrons. The zero-order valence-electron chi connectivity index (χ0n) is 40.9. The Kier molecular flexibility index (Phi) is 48.4. The first-order chi connectivity index (χ1) is 30.5. The normalized spacial score (nSPS) is 12.5. The quantitative estimate of drug-likeness (QED) is 0.0262. The lowest BCUT2D eigenvalue weighted by Crippen LogP contribution is -2.30. The Labute approximate surface area is 383 Å². The van der Waals surface area contributed by atoms with Gasteiger partial charge in [0, 0.05) is 19.3 Å². The molecule has 0 heterocycles. The summed E-state index contributed by atoms with van der Waals surface area (Å²) in [5.41, 5.74) is 0. The number of hydrogen-bond donors (Lipinski definition) is 0. The van der Waals surface area contributed by atoms with E-state index < -0.39 is 6.10 Å². The monoisotopic (exact) mass is 867 g/mol. The summed E-state index contributed by atoms with van der Waals surface area (Å²) in [4.78, 5) is 37.9. The molecule has 6 heteroatoms. The molecule has 0 amide bonds. The minimum atomic E-state index is -0.791. The second-order valence-corrected chi connectivity index (χ2v) is 17.5. The van der Waals surface area contributed by atoms with Gasteiger partial charge in [0.15, 0.2) is 6.10 Å². The standard InChI is InChI=1S/C56H98O6/c1-4-7-10-13-16-19-22-24-26-27-28-29-31-32-34-37-40-43-46-49-55(58)61-52-53(51-60-54(57)48-45-42-39-36-21-18-15-12-9-6-3)62-56(59)50-47-44-41-38-35-33-30-25-23-20-17-14-11-8-5-2/h8,11,14,17,20,23,25,30,33,35,53H,4-7,9-10,12-13,15-16,18-19,21-22,24,26-29,31-32,34,36-52H2,1-3H3/b11-8-,17-14-,23-20-,30-25-,35-33-. The maximum absolute atomic E-state index is 12.8. The van der Waals surface area contributed by atoms with Gasteiger partial charge >= 0.3 is 17.9 Å². The van der Waals surface area contributed by atoms with Crippen molar-refractivity contribution in [1.29, 1.82) is 0 Å². The molecule has 0 saturated heterocycles. The second kappa shape index (κ2) is 50.8. The summed E-state index contributed by atoms with van der Waals surface area (Å²) in [5, 5.41) is 0. The van der Waals surface area contributed by atoms with Gasteiger partial charge in [-0.25, -0.2) is 0 Å². The number of hydrogen-bond acceptors (Lipinski definition) is 6. The van der Waals surface area contributed by atoms with Crippen LogP contribution in [0.3, 0.4) is 0 Å². The molecule has 0 N–H and O–H groups in total. The highest BCUT2D eigenvalue weighted by molar-refractivity contribution is 5.71. The maximum atomic E-state index is 12.8. The number of esters is 3. The van der Waals surface area contributed by atoms with Crippen molar-refractivity contribution in [2.75, 3.05) is 13.2 Å². The fourth-order valence-corrected chi connectivity index (χ4v) is 7.46. The first-order valence-electron chi connectivity index (χ1n) is 26.4. The third-order valence-electron chi connectivity index (χ3n) is 11.4. The van der Waals surface area contributed by atoms with E-state index in [0.29, 0.717) is 19.3 Å². The van der Waals surface area contributed by atoms with Gasteiger partial charge in [-0.3, -0.25) is 14.4 Å². The summed E-state index contributed by atoms with van der Waals surface area (Å²) in [5.74, 6) is -0.924. The van der Waals surface area contributed by atoms with Crippen molar-refractivity contribution < 1.29 is 28.6 Å². The fourth-order valence-electron chi connectivity index (χ4n) is 7.46. The number of carbonyl (C=O) groups is 3. The van der Waals surface area contributed by atoms with Crippen LogP contribution >= 0.6 is 0 Å². The van der Waals surface area contributed by atoms with Crippen molar-refractivity contribution in [2.24, 2.45) is 0 Å². The summed E-state index contributed by atoms with van der Waals surface area (Å²) in [6.45, 7) is 6.47. The van der Waals surface area contributed by atoms with Gasteiger partial charge in [0.1, 0.15) is 13.2 Å². The van der Waals surface area contributed by atoms with Crippen LogP contribution < -0.4 is 0 Å². The minimum absolute atomic E-state index is 0.0884. The van der Waals surface area contributed by atoms with Gasteiger partial charge in [-0.2, -0.15) is 0 Å². The van der Waals surface area contributed by atoms with Crippen LogP contribution in [-0.2, 0) is 28.6 Å². The number of allylic oxidation sites excluding steroid dienone is 10. The minimum Gasteiger partial charge on any atom is -0.462 e. The first-order valence-corrected chi connectivity index (χ1v) is 26.4. The largest absolute Gasteiger partial charge is 0.462 e. The molecule has 0 aromatic heterocycles. The molecule has 1 atom stereocenters. The second-order valence-electron chi connectivity index (χ2n) is 17.5. The lowest BCUT2D eigenvalue weighted by atomic mass is 10.0. The topological polar surface area (TPSA) is 78.9 Å². The summed E-state index contributed by atoms with van der Waals surface area (Å²) in [7, 11) is 0. The molecule has 0 aliphatic carbocycles. The van der Waals surface area contributed by atoms with E-state index in [4.69, 9.17) is 14.2 Å². The van der Waals surface area contributed by atoms with Gasteiger partial charge in [0.05, 0.1) is 0 Å². The summed E-state index contributed by atoms with van der Waals surface area (Å²) in [6.07, 6.45) is 62.1. The fraction of sp³-hybridized carbons (Fsp3) is 0.768. The van der Waals surface area contributed by atoms with Crippen molar-refractivity contribution in [3.05, 3.63) is 60.8 Å². The van der Waals surface area contributed by atoms with Crippen molar-refractivity contribution in [1.82, 2.24) is 0 Å². The predicted octanol–water partition coefficient (Wildman–Crippen LogP) is 17.3. The molecular weight excluding hydrogens is 769 g/mol. The third kappa shape index (κ3) is 48.1. The van der Waals surface area contributed by atoms with Crippen LogP contribution in [0.5, 0.6) is 0 Å². The van der Waals surface area contributed by atoms with E-state index >= 15 is 0 Å². The molecule has 6 nitrogen and oxygen atoms in total. The predicted molar refractivity (Wildman–Crippen MR) is 265 cm³/mol. The number of rotatable bonds is 47. The van der Waals surface area contributed by atoms with Gasteiger partial charge in [-0.05, 0) is 38.5 Å². The van der Waals surface area contributed by atoms with Crippen molar-refractivity contribution in [3.63, 3.8) is 0 Å². The molecule has 0 rings (SSSR count). The highest BCUT2D eigenvalue weighted by Crippen LogP contribution is 2.16. The Morgan fingerprint density at radius 3 is 0.984 bits per heavy atom. The Morgan fingerprint density at radius 2 is 0.629 bits per heavy atom. The molecule has 0 spiro atoms. The van der Waals surface area contributed by atoms with Crippen LogP contribution in [0.25, 0.3) is 0 Å². The summed E-state index contributed by atoms with van der Waals surface area (Å²) >= 11 is 0. The molecular formula is C56H98O6. The Balaban J connectivity index is 4.35. The van der Waals surface area contributed by atoms with E-state index in [1.54, 1.807) is 0 Å². The molecule has 0 aromatic rings. The summed E-state index contributed by atoms with van der Waals surface area (Å²) in [6, 6.07) is 0. The van der Waals surface area contributed by atoms with Crippen LogP contribution in [-0.4, -0.2) is 37.2 Å². The summed E-state index contributed by atoms with van der Waals surface area (Å²) < 4.78 is 16.8. The van der Waals surface area contributed by atoms with Crippen LogP contribution in [0.2, 0.25) is 0 Å². The van der Waals surface area contributed by atoms with Crippen LogP contribution in [0, 0.1) is 0 Å². The van der Waals surface area contributed by atoms with E-state index in [2.05, 4.69) is 32.9 Å². The zero-order valence-corrected chi connectivity index (χ0v) is 40.9. The van der Waals surface area contributed by atoms with E-state index in [0.717, 1.165) is 64.2 Å². The van der Waals surface area contributed by atoms with Crippen LogP contribution in [0.15, 0.2) is 60.8 Å². The SMILES string of the molecule is CC\C=C/C=C\C=C/C=C\C=C/CCCCCC(=O)OC(COC(=O)CCCCCCCCCCCC)COC(=O)CCCCCCCCCCCCCCCCCCCCC. The Bertz CT molecular complexity index is 1130. The lowest BCUT2D eigenvalue weighted by Gasteiger charge is -2.18. The molecule has 0 saturated carbocycles. The van der Waals surface area contributed by atoms with E-state index in [9.17, 15) is 14.4 Å². The van der Waals surface area contributed by atoms with Crippen LogP contribution in [0.4, 0.5) is 0 Å². The average molecular weight is 867 g/mol. The van der Waals surface area contributed by atoms with Crippen LogP contribution in [0.1, 0.15) is 258 Å². The van der Waals surface area contributed by atoms with Gasteiger partial charge in [0.2, 0.25) is 0 Å². The highest BCUT2D eigenvalue weighted by Gasteiger charge is 2.19.